The van der Waals surface area contributed by atoms with Gasteiger partial charge in [0.1, 0.15) is 5.58 Å². The molecule has 0 radical (unpaired) electrons. The van der Waals surface area contributed by atoms with Crippen molar-refractivity contribution < 1.29 is 4.42 Å². The molecule has 3 aromatic heterocycles. The third-order valence-corrected chi connectivity index (χ3v) is 10.5. The average Bonchev–Trinajstić information content (AvgIpc) is 3.85. The van der Waals surface area contributed by atoms with Crippen molar-refractivity contribution in [3.05, 3.63) is 182 Å². The van der Waals surface area contributed by atoms with Crippen LogP contribution in [0.15, 0.2) is 186 Å². The molecule has 0 saturated heterocycles. The predicted molar refractivity (Wildman–Crippen MR) is 213 cm³/mol. The molecule has 3 nitrogen and oxygen atoms in total. The van der Waals surface area contributed by atoms with Crippen LogP contribution in [0.4, 0.5) is 0 Å². The molecule has 11 aromatic rings. The van der Waals surface area contributed by atoms with Gasteiger partial charge in [-0.2, -0.15) is 0 Å². The van der Waals surface area contributed by atoms with E-state index in [2.05, 4.69) is 185 Å². The molecule has 3 heteroatoms. The summed E-state index contributed by atoms with van der Waals surface area (Å²) in [6, 6.07) is 65.5. The molecule has 0 spiro atoms. The Bertz CT molecular complexity index is 3140. The summed E-state index contributed by atoms with van der Waals surface area (Å²) >= 11 is 0. The molecule has 0 N–H and O–H groups in total. The van der Waals surface area contributed by atoms with Crippen LogP contribution >= 0.6 is 0 Å². The molecule has 0 aliphatic heterocycles. The van der Waals surface area contributed by atoms with E-state index < -0.39 is 0 Å². The zero-order valence-corrected chi connectivity index (χ0v) is 27.6. The second-order valence-electron chi connectivity index (χ2n) is 13.3. The largest absolute Gasteiger partial charge is 0.454 e. The molecular formula is C48H30N2O. The van der Waals surface area contributed by atoms with Crippen LogP contribution in [-0.2, 0) is 0 Å². The highest BCUT2D eigenvalue weighted by Gasteiger charge is 2.21. The minimum absolute atomic E-state index is 0.900. The third kappa shape index (κ3) is 4.19. The Balaban J connectivity index is 1.17. The molecule has 0 unspecified atom stereocenters. The van der Waals surface area contributed by atoms with E-state index in [9.17, 15) is 0 Å². The number of nitrogens with zero attached hydrogens (tertiary/aromatic N) is 2. The number of benzene rings is 8. The Morgan fingerprint density at radius 1 is 0.314 bits per heavy atom. The molecule has 238 valence electrons. The highest BCUT2D eigenvalue weighted by atomic mass is 16.3. The predicted octanol–water partition coefficient (Wildman–Crippen LogP) is 13.1. The van der Waals surface area contributed by atoms with E-state index in [1.807, 2.05) is 6.07 Å². The fraction of sp³-hybridized carbons (Fsp3) is 0. The standard InChI is InChI=1S/C48H30N2O/c1-2-13-31(14-3-1)32-15-10-16-33(27-32)34-17-11-18-35(28-34)49-42-23-7-4-19-36(42)40-30-46-41(29-45(40)49)37-20-5-8-24-43(37)50(46)44-25-12-22-39-38-21-6-9-26-47(38)51-48(39)44/h1-30H. The molecule has 0 saturated carbocycles. The normalized spacial score (nSPS) is 11.9. The Kier molecular flexibility index (Phi) is 5.96. The minimum Gasteiger partial charge on any atom is -0.454 e. The fourth-order valence-corrected chi connectivity index (χ4v) is 8.21. The summed E-state index contributed by atoms with van der Waals surface area (Å²) < 4.78 is 11.4. The van der Waals surface area contributed by atoms with Gasteiger partial charge in [0.05, 0.1) is 27.8 Å². The number of para-hydroxylation sites is 4. The molecular weight excluding hydrogens is 621 g/mol. The SMILES string of the molecule is c1ccc(-c2cccc(-c3cccc(-n4c5ccccc5c5cc6c(cc54)c4ccccc4n6-c4cccc5c4oc4ccccc45)c3)c2)cc1. The monoisotopic (exact) mass is 650 g/mol. The second-order valence-corrected chi connectivity index (χ2v) is 13.3. The van der Waals surface area contributed by atoms with Crippen molar-refractivity contribution in [2.45, 2.75) is 0 Å². The number of fused-ring (bicyclic) bond motifs is 9. The number of furan rings is 1. The van der Waals surface area contributed by atoms with E-state index in [-0.39, 0.29) is 0 Å². The molecule has 0 aliphatic rings. The topological polar surface area (TPSA) is 23.0 Å². The maximum atomic E-state index is 6.58. The second kappa shape index (κ2) is 10.8. The van der Waals surface area contributed by atoms with Crippen LogP contribution in [0.3, 0.4) is 0 Å². The number of hydrogen-bond donors (Lipinski definition) is 0. The molecule has 0 amide bonds. The molecule has 3 heterocycles. The lowest BCUT2D eigenvalue weighted by atomic mass is 9.99. The zero-order valence-electron chi connectivity index (χ0n) is 27.6. The third-order valence-electron chi connectivity index (χ3n) is 10.5. The van der Waals surface area contributed by atoms with Crippen LogP contribution in [0.5, 0.6) is 0 Å². The van der Waals surface area contributed by atoms with Gasteiger partial charge in [0.2, 0.25) is 0 Å². The highest BCUT2D eigenvalue weighted by molar-refractivity contribution is 6.20. The fourth-order valence-electron chi connectivity index (χ4n) is 8.21. The van der Waals surface area contributed by atoms with Gasteiger partial charge < -0.3 is 13.6 Å². The Labute approximate surface area is 293 Å². The Morgan fingerprint density at radius 2 is 0.843 bits per heavy atom. The number of hydrogen-bond acceptors (Lipinski definition) is 1. The Morgan fingerprint density at radius 3 is 1.61 bits per heavy atom. The van der Waals surface area contributed by atoms with Crippen molar-refractivity contribution in [2.24, 2.45) is 0 Å². The van der Waals surface area contributed by atoms with Crippen LogP contribution in [0.2, 0.25) is 0 Å². The van der Waals surface area contributed by atoms with Crippen LogP contribution in [-0.4, -0.2) is 9.13 Å². The molecule has 8 aromatic carbocycles. The van der Waals surface area contributed by atoms with Crippen LogP contribution in [0.1, 0.15) is 0 Å². The molecule has 0 bridgehead atoms. The summed E-state index contributed by atoms with van der Waals surface area (Å²) in [5.74, 6) is 0. The van der Waals surface area contributed by atoms with E-state index >= 15 is 0 Å². The summed E-state index contributed by atoms with van der Waals surface area (Å²) in [4.78, 5) is 0. The lowest BCUT2D eigenvalue weighted by Gasteiger charge is -2.12. The maximum absolute atomic E-state index is 6.58. The first-order chi connectivity index (χ1) is 25.3. The van der Waals surface area contributed by atoms with E-state index in [1.165, 1.54) is 54.8 Å². The van der Waals surface area contributed by atoms with E-state index in [0.717, 1.165) is 44.3 Å². The van der Waals surface area contributed by atoms with Crippen molar-refractivity contribution in [2.75, 3.05) is 0 Å². The minimum atomic E-state index is 0.900. The lowest BCUT2D eigenvalue weighted by molar-refractivity contribution is 0.666. The summed E-state index contributed by atoms with van der Waals surface area (Å²) in [6.07, 6.45) is 0. The lowest BCUT2D eigenvalue weighted by Crippen LogP contribution is -1.95. The maximum Gasteiger partial charge on any atom is 0.159 e. The van der Waals surface area contributed by atoms with Crippen LogP contribution < -0.4 is 0 Å². The van der Waals surface area contributed by atoms with Gasteiger partial charge in [0, 0.05) is 38.0 Å². The zero-order chi connectivity index (χ0) is 33.5. The average molecular weight is 651 g/mol. The summed E-state index contributed by atoms with van der Waals surface area (Å²) in [5.41, 5.74) is 13.5. The van der Waals surface area contributed by atoms with Crippen molar-refractivity contribution >= 4 is 65.6 Å². The van der Waals surface area contributed by atoms with E-state index in [0.29, 0.717) is 0 Å². The molecule has 0 aliphatic carbocycles. The quantitative estimate of drug-likeness (QED) is 0.186. The first kappa shape index (κ1) is 28.0. The van der Waals surface area contributed by atoms with Gasteiger partial charge in [-0.1, -0.05) is 127 Å². The Hall–Kier alpha value is -6.84. The van der Waals surface area contributed by atoms with Gasteiger partial charge in [-0.25, -0.2) is 0 Å². The van der Waals surface area contributed by atoms with Crippen molar-refractivity contribution in [1.29, 1.82) is 0 Å². The molecule has 0 atom stereocenters. The first-order valence-electron chi connectivity index (χ1n) is 17.4. The van der Waals surface area contributed by atoms with Gasteiger partial charge in [-0.05, 0) is 76.9 Å². The summed E-state index contributed by atoms with van der Waals surface area (Å²) in [7, 11) is 0. The van der Waals surface area contributed by atoms with Crippen LogP contribution in [0, 0.1) is 0 Å². The number of aromatic nitrogens is 2. The molecule has 11 rings (SSSR count). The van der Waals surface area contributed by atoms with Crippen LogP contribution in [0.25, 0.3) is 99.2 Å². The summed E-state index contributed by atoms with van der Waals surface area (Å²) in [5, 5.41) is 7.13. The summed E-state index contributed by atoms with van der Waals surface area (Å²) in [6.45, 7) is 0. The number of rotatable bonds is 4. The first-order valence-corrected chi connectivity index (χ1v) is 17.4. The van der Waals surface area contributed by atoms with Gasteiger partial charge >= 0.3 is 0 Å². The highest BCUT2D eigenvalue weighted by Crippen LogP contribution is 2.42. The smallest absolute Gasteiger partial charge is 0.159 e. The van der Waals surface area contributed by atoms with Gasteiger partial charge in [-0.3, -0.25) is 0 Å². The van der Waals surface area contributed by atoms with Crippen molar-refractivity contribution in [3.63, 3.8) is 0 Å². The molecule has 51 heavy (non-hydrogen) atoms. The van der Waals surface area contributed by atoms with E-state index in [1.54, 1.807) is 0 Å². The van der Waals surface area contributed by atoms with E-state index in [4.69, 9.17) is 4.42 Å². The van der Waals surface area contributed by atoms with Crippen molar-refractivity contribution in [1.82, 2.24) is 9.13 Å². The van der Waals surface area contributed by atoms with Gasteiger partial charge in [-0.15, -0.1) is 0 Å². The molecule has 0 fully saturated rings. The van der Waals surface area contributed by atoms with Gasteiger partial charge in [0.15, 0.2) is 5.58 Å². The van der Waals surface area contributed by atoms with Gasteiger partial charge in [0.25, 0.3) is 0 Å². The van der Waals surface area contributed by atoms with Crippen molar-refractivity contribution in [3.8, 4) is 33.6 Å².